The second-order valence-corrected chi connectivity index (χ2v) is 4.01. The fourth-order valence-electron chi connectivity index (χ4n) is 0.963. The Labute approximate surface area is 80.6 Å². The van der Waals surface area contributed by atoms with Crippen molar-refractivity contribution in [2.45, 2.75) is 26.2 Å². The van der Waals surface area contributed by atoms with Crippen LogP contribution in [-0.4, -0.2) is 29.5 Å². The van der Waals surface area contributed by atoms with E-state index in [0.29, 0.717) is 0 Å². The SMILES string of the molecule is [2H]C([2H])([2H])[C@@]1(C)[C@H](C)C(=O)N1OS(=O)(=O)O. The minimum atomic E-state index is -4.92. The zero-order chi connectivity index (χ0) is 12.9. The molecule has 1 heterocycles. The highest BCUT2D eigenvalue weighted by molar-refractivity contribution is 7.80. The van der Waals surface area contributed by atoms with Crippen molar-refractivity contribution in [2.75, 3.05) is 0 Å². The van der Waals surface area contributed by atoms with Crippen molar-refractivity contribution in [3.8, 4) is 0 Å². The summed E-state index contributed by atoms with van der Waals surface area (Å²) in [7, 11) is -4.92. The molecule has 0 aromatic rings. The zero-order valence-electron chi connectivity index (χ0n) is 10.0. The monoisotopic (exact) mass is 212 g/mol. The third-order valence-electron chi connectivity index (χ3n) is 2.00. The number of carbonyl (C=O) groups is 1. The average molecular weight is 212 g/mol. The zero-order valence-corrected chi connectivity index (χ0v) is 7.83. The van der Waals surface area contributed by atoms with E-state index in [1.54, 1.807) is 0 Å². The van der Waals surface area contributed by atoms with Gasteiger partial charge in [0.1, 0.15) is 0 Å². The average Bonchev–Trinajstić information content (AvgIpc) is 2.08. The van der Waals surface area contributed by atoms with Gasteiger partial charge >= 0.3 is 10.4 Å². The van der Waals surface area contributed by atoms with Gasteiger partial charge in [-0.15, -0.1) is 4.28 Å². The predicted octanol–water partition coefficient (Wildman–Crippen LogP) is -0.0223. The Morgan fingerprint density at radius 2 is 2.31 bits per heavy atom. The van der Waals surface area contributed by atoms with Crippen LogP contribution in [-0.2, 0) is 19.5 Å². The summed E-state index contributed by atoms with van der Waals surface area (Å²) in [6, 6.07) is 0. The van der Waals surface area contributed by atoms with Crippen molar-refractivity contribution in [1.29, 1.82) is 0 Å². The first-order valence-electron chi connectivity index (χ1n) is 4.92. The van der Waals surface area contributed by atoms with Gasteiger partial charge < -0.3 is 0 Å². The van der Waals surface area contributed by atoms with Crippen LogP contribution in [0.15, 0.2) is 0 Å². The normalized spacial score (nSPS) is 39.0. The van der Waals surface area contributed by atoms with Gasteiger partial charge in [-0.2, -0.15) is 13.5 Å². The maximum Gasteiger partial charge on any atom is 0.418 e. The highest BCUT2D eigenvalue weighted by Gasteiger charge is 2.54. The third kappa shape index (κ3) is 1.67. The van der Waals surface area contributed by atoms with Crippen molar-refractivity contribution in [2.24, 2.45) is 5.92 Å². The van der Waals surface area contributed by atoms with Gasteiger partial charge in [-0.1, -0.05) is 6.92 Å². The molecule has 0 spiro atoms. The molecule has 1 aliphatic rings. The van der Waals surface area contributed by atoms with E-state index in [2.05, 4.69) is 4.28 Å². The Morgan fingerprint density at radius 3 is 2.69 bits per heavy atom. The van der Waals surface area contributed by atoms with Crippen molar-refractivity contribution < 1.29 is 26.2 Å². The van der Waals surface area contributed by atoms with E-state index in [4.69, 9.17) is 8.67 Å². The molecule has 1 N–H and O–H groups in total. The van der Waals surface area contributed by atoms with Gasteiger partial charge in [0.15, 0.2) is 0 Å². The summed E-state index contributed by atoms with van der Waals surface area (Å²) in [5.74, 6) is -1.72. The van der Waals surface area contributed by atoms with Crippen LogP contribution >= 0.6 is 0 Å². The Morgan fingerprint density at radius 1 is 1.77 bits per heavy atom. The van der Waals surface area contributed by atoms with Gasteiger partial charge in [0.2, 0.25) is 0 Å². The highest BCUT2D eigenvalue weighted by atomic mass is 32.3. The first-order valence-corrected chi connectivity index (χ1v) is 4.79. The number of carbonyl (C=O) groups excluding carboxylic acids is 1. The van der Waals surface area contributed by atoms with Crippen LogP contribution in [0.1, 0.15) is 24.8 Å². The van der Waals surface area contributed by atoms with Crippen LogP contribution in [0.4, 0.5) is 0 Å². The molecule has 6 nitrogen and oxygen atoms in total. The summed E-state index contributed by atoms with van der Waals surface area (Å²) in [6.45, 7) is -0.110. The van der Waals surface area contributed by atoms with Crippen molar-refractivity contribution >= 4 is 16.3 Å². The van der Waals surface area contributed by atoms with Gasteiger partial charge in [0.25, 0.3) is 5.91 Å². The van der Waals surface area contributed by atoms with E-state index >= 15 is 0 Å². The lowest BCUT2D eigenvalue weighted by atomic mass is 9.80. The Hall–Kier alpha value is -0.660. The largest absolute Gasteiger partial charge is 0.418 e. The van der Waals surface area contributed by atoms with Crippen molar-refractivity contribution in [3.05, 3.63) is 0 Å². The van der Waals surface area contributed by atoms with Gasteiger partial charge in [0.05, 0.1) is 11.5 Å². The molecule has 1 saturated heterocycles. The minimum Gasteiger partial charge on any atom is -0.272 e. The highest BCUT2D eigenvalue weighted by Crippen LogP contribution is 2.37. The van der Waals surface area contributed by atoms with Gasteiger partial charge in [-0.05, 0) is 13.8 Å². The molecule has 1 amide bonds. The fourth-order valence-corrected chi connectivity index (χ4v) is 1.38. The van der Waals surface area contributed by atoms with Crippen LogP contribution < -0.4 is 0 Å². The maximum absolute atomic E-state index is 11.3. The summed E-state index contributed by atoms with van der Waals surface area (Å²) in [5, 5.41) is 0.181. The fraction of sp³-hybridized carbons (Fsp3) is 0.833. The molecule has 0 bridgehead atoms. The molecule has 0 aliphatic carbocycles. The molecule has 2 atom stereocenters. The molecule has 0 saturated carbocycles. The molecular weight excluding hydrogens is 198 g/mol. The van der Waals surface area contributed by atoms with E-state index < -0.39 is 34.6 Å². The number of hydrogen-bond acceptors (Lipinski definition) is 4. The number of hydrogen-bond donors (Lipinski definition) is 1. The maximum atomic E-state index is 11.3. The Kier molecular flexibility index (Phi) is 1.38. The smallest absolute Gasteiger partial charge is 0.272 e. The second-order valence-electron chi connectivity index (χ2n) is 3.00. The van der Waals surface area contributed by atoms with Gasteiger partial charge in [0, 0.05) is 4.11 Å². The van der Waals surface area contributed by atoms with Crippen molar-refractivity contribution in [1.82, 2.24) is 5.06 Å². The quantitative estimate of drug-likeness (QED) is 0.513. The van der Waals surface area contributed by atoms with E-state index in [-0.39, 0.29) is 5.06 Å². The first-order chi connectivity index (χ1) is 6.91. The molecule has 76 valence electrons. The number of amides is 1. The lowest BCUT2D eigenvalue weighted by molar-refractivity contribution is -0.225. The minimum absolute atomic E-state index is 0.181. The van der Waals surface area contributed by atoms with Crippen LogP contribution in [0.25, 0.3) is 0 Å². The van der Waals surface area contributed by atoms with E-state index in [9.17, 15) is 13.2 Å². The molecule has 0 aromatic heterocycles. The standard InChI is InChI=1S/C6H11NO5S/c1-4-5(8)7(6(4,2)3)12-13(9,10)11/h4H,1-3H3,(H,9,10,11)/t4-/m1/s1/i2D3/t4-,6-. The van der Waals surface area contributed by atoms with E-state index in [1.807, 2.05) is 0 Å². The van der Waals surface area contributed by atoms with Gasteiger partial charge in [-0.3, -0.25) is 9.35 Å². The lowest BCUT2D eigenvalue weighted by Crippen LogP contribution is -2.66. The van der Waals surface area contributed by atoms with Gasteiger partial charge in [-0.25, -0.2) is 0 Å². The topological polar surface area (TPSA) is 83.9 Å². The molecule has 0 aromatic carbocycles. The van der Waals surface area contributed by atoms with E-state index in [1.165, 1.54) is 6.92 Å². The molecule has 0 radical (unpaired) electrons. The molecular formula is C6H11NO5S. The van der Waals surface area contributed by atoms with Crippen LogP contribution in [0, 0.1) is 5.92 Å². The number of hydroxylamine groups is 2. The Bertz CT molecular complexity index is 418. The summed E-state index contributed by atoms with van der Waals surface area (Å²) >= 11 is 0. The molecule has 13 heavy (non-hydrogen) atoms. The van der Waals surface area contributed by atoms with Crippen LogP contribution in [0.5, 0.6) is 0 Å². The van der Waals surface area contributed by atoms with E-state index in [0.717, 1.165) is 6.92 Å². The second kappa shape index (κ2) is 2.66. The molecule has 0 unspecified atom stereocenters. The summed E-state index contributed by atoms with van der Waals surface area (Å²) in [5.41, 5.74) is -1.76. The van der Waals surface area contributed by atoms with Crippen LogP contribution in [0.3, 0.4) is 0 Å². The van der Waals surface area contributed by atoms with Crippen molar-refractivity contribution in [3.63, 3.8) is 0 Å². The molecule has 7 heteroatoms. The number of nitrogens with zero attached hydrogens (tertiary/aromatic N) is 1. The summed E-state index contributed by atoms with van der Waals surface area (Å²) in [4.78, 5) is 11.3. The number of β-lactam (4-membered cyclic amide) rings is 1. The molecule has 1 fully saturated rings. The first kappa shape index (κ1) is 6.74. The number of rotatable bonds is 2. The molecule has 1 aliphatic heterocycles. The third-order valence-corrected chi connectivity index (χ3v) is 2.34. The molecule has 1 rings (SSSR count). The lowest BCUT2D eigenvalue weighted by Gasteiger charge is -2.49. The van der Waals surface area contributed by atoms with Crippen LogP contribution in [0.2, 0.25) is 0 Å². The Balaban J connectivity index is 3.06. The predicted molar refractivity (Wildman–Crippen MR) is 42.7 cm³/mol. The summed E-state index contributed by atoms with van der Waals surface area (Å²) in [6.07, 6.45) is 0. The summed E-state index contributed by atoms with van der Waals surface area (Å²) < 4.78 is 55.0.